The Morgan fingerprint density at radius 2 is 1.81 bits per heavy atom. The van der Waals surface area contributed by atoms with E-state index in [9.17, 15) is 0 Å². The molecule has 0 spiro atoms. The number of benzene rings is 2. The Bertz CT molecular complexity index is 684. The van der Waals surface area contributed by atoms with Crippen molar-refractivity contribution in [3.8, 4) is 0 Å². The lowest BCUT2D eigenvalue weighted by molar-refractivity contribution is 1.20. The second kappa shape index (κ2) is 6.31. The van der Waals surface area contributed by atoms with Gasteiger partial charge in [0, 0.05) is 29.7 Å². The van der Waals surface area contributed by atoms with E-state index in [-0.39, 0.29) is 0 Å². The van der Waals surface area contributed by atoms with Gasteiger partial charge in [0.1, 0.15) is 0 Å². The van der Waals surface area contributed by atoms with Gasteiger partial charge in [-0.25, -0.2) is 0 Å². The molecule has 0 fully saturated rings. The topological polar surface area (TPSA) is 29.3 Å². The molecule has 2 nitrogen and oxygen atoms in total. The van der Waals surface area contributed by atoms with Crippen LogP contribution in [0.5, 0.6) is 0 Å². The molecule has 2 aromatic carbocycles. The van der Waals surface area contributed by atoms with Crippen LogP contribution in [0.15, 0.2) is 61.2 Å². The van der Waals surface area contributed by atoms with Crippen molar-refractivity contribution in [2.75, 3.05) is 17.7 Å². The van der Waals surface area contributed by atoms with Gasteiger partial charge in [-0.15, -0.1) is 0 Å². The molecule has 2 N–H and O–H groups in total. The summed E-state index contributed by atoms with van der Waals surface area (Å²) in [5.74, 6) is 0. The summed E-state index contributed by atoms with van der Waals surface area (Å²) in [7, 11) is 2.06. The first-order valence-electron chi connectivity index (χ1n) is 7.03. The third-order valence-electron chi connectivity index (χ3n) is 3.70. The number of aryl methyl sites for hydroxylation is 2. The lowest BCUT2D eigenvalue weighted by atomic mass is 10.0. The van der Waals surface area contributed by atoms with E-state index < -0.39 is 0 Å². The maximum atomic E-state index is 5.91. The standard InChI is InChI=1S/C19H22N2/c1-5-8-19(17-10-7-6-9-14(17)2)21(4)16-11-12-18(20)15(3)13-16/h5-13H,1,20H2,2-4H3/b19-8+. The Balaban J connectivity index is 2.48. The predicted octanol–water partition coefficient (Wildman–Crippen LogP) is 4.55. The normalized spacial score (nSPS) is 11.3. The number of hydrogen-bond acceptors (Lipinski definition) is 2. The summed E-state index contributed by atoms with van der Waals surface area (Å²) in [6.07, 6.45) is 3.86. The molecule has 0 saturated heterocycles. The Morgan fingerprint density at radius 3 is 2.43 bits per heavy atom. The molecule has 0 aliphatic carbocycles. The van der Waals surface area contributed by atoms with Crippen LogP contribution in [0, 0.1) is 13.8 Å². The minimum absolute atomic E-state index is 0.817. The van der Waals surface area contributed by atoms with E-state index in [2.05, 4.69) is 55.8 Å². The molecule has 0 aromatic heterocycles. The number of nitrogens with zero attached hydrogens (tertiary/aromatic N) is 1. The van der Waals surface area contributed by atoms with E-state index in [4.69, 9.17) is 5.73 Å². The smallest absolute Gasteiger partial charge is 0.0484 e. The first kappa shape index (κ1) is 14.9. The zero-order valence-electron chi connectivity index (χ0n) is 12.9. The van der Waals surface area contributed by atoms with Crippen LogP contribution in [-0.4, -0.2) is 7.05 Å². The lowest BCUT2D eigenvalue weighted by Gasteiger charge is -2.25. The molecule has 0 aliphatic rings. The number of rotatable bonds is 4. The molecular formula is C19H22N2. The maximum Gasteiger partial charge on any atom is 0.0484 e. The molecule has 0 radical (unpaired) electrons. The Labute approximate surface area is 127 Å². The Hall–Kier alpha value is -2.48. The van der Waals surface area contributed by atoms with Crippen molar-refractivity contribution in [1.29, 1.82) is 0 Å². The number of anilines is 2. The summed E-state index contributed by atoms with van der Waals surface area (Å²) >= 11 is 0. The number of hydrogen-bond donors (Lipinski definition) is 1. The van der Waals surface area contributed by atoms with Crippen molar-refractivity contribution in [3.05, 3.63) is 77.9 Å². The number of nitrogens with two attached hydrogens (primary N) is 1. The third kappa shape index (κ3) is 3.16. The fourth-order valence-electron chi connectivity index (χ4n) is 2.36. The van der Waals surface area contributed by atoms with Gasteiger partial charge in [-0.3, -0.25) is 0 Å². The van der Waals surface area contributed by atoms with Gasteiger partial charge in [0.15, 0.2) is 0 Å². The molecule has 0 heterocycles. The van der Waals surface area contributed by atoms with E-state index in [1.165, 1.54) is 11.1 Å². The molecule has 21 heavy (non-hydrogen) atoms. The van der Waals surface area contributed by atoms with Crippen LogP contribution in [0.2, 0.25) is 0 Å². The second-order valence-electron chi connectivity index (χ2n) is 5.20. The van der Waals surface area contributed by atoms with Gasteiger partial charge >= 0.3 is 0 Å². The van der Waals surface area contributed by atoms with Gasteiger partial charge in [-0.05, 0) is 49.2 Å². The minimum Gasteiger partial charge on any atom is -0.399 e. The molecule has 108 valence electrons. The first-order valence-corrected chi connectivity index (χ1v) is 7.03. The average molecular weight is 278 g/mol. The van der Waals surface area contributed by atoms with Crippen molar-refractivity contribution >= 4 is 17.1 Å². The molecule has 0 aliphatic heterocycles. The van der Waals surface area contributed by atoms with Crippen LogP contribution in [0.1, 0.15) is 16.7 Å². The van der Waals surface area contributed by atoms with E-state index in [1.807, 2.05) is 31.2 Å². The zero-order valence-corrected chi connectivity index (χ0v) is 12.9. The molecule has 0 saturated carbocycles. The van der Waals surface area contributed by atoms with Crippen LogP contribution in [0.25, 0.3) is 5.70 Å². The maximum absolute atomic E-state index is 5.91. The van der Waals surface area contributed by atoms with Crippen LogP contribution in [0.4, 0.5) is 11.4 Å². The van der Waals surface area contributed by atoms with Gasteiger partial charge in [0.25, 0.3) is 0 Å². The van der Waals surface area contributed by atoms with Gasteiger partial charge in [0.2, 0.25) is 0 Å². The van der Waals surface area contributed by atoms with E-state index in [0.29, 0.717) is 0 Å². The highest BCUT2D eigenvalue weighted by molar-refractivity contribution is 5.81. The SMILES string of the molecule is C=C/C=C(\c1ccccc1C)N(C)c1ccc(N)c(C)c1. The van der Waals surface area contributed by atoms with Crippen LogP contribution in [-0.2, 0) is 0 Å². The third-order valence-corrected chi connectivity index (χ3v) is 3.70. The minimum atomic E-state index is 0.817. The molecule has 2 rings (SSSR count). The first-order chi connectivity index (χ1) is 10.0. The molecule has 0 amide bonds. The molecule has 0 atom stereocenters. The highest BCUT2D eigenvalue weighted by Gasteiger charge is 2.11. The summed E-state index contributed by atoms with van der Waals surface area (Å²) in [6.45, 7) is 7.98. The van der Waals surface area contributed by atoms with Crippen molar-refractivity contribution < 1.29 is 0 Å². The van der Waals surface area contributed by atoms with Gasteiger partial charge in [-0.2, -0.15) is 0 Å². The monoisotopic (exact) mass is 278 g/mol. The second-order valence-corrected chi connectivity index (χ2v) is 5.20. The zero-order chi connectivity index (χ0) is 15.4. The van der Waals surface area contributed by atoms with E-state index in [0.717, 1.165) is 22.6 Å². The number of nitrogen functional groups attached to an aromatic ring is 1. The highest BCUT2D eigenvalue weighted by atomic mass is 15.1. The van der Waals surface area contributed by atoms with Crippen molar-refractivity contribution in [1.82, 2.24) is 0 Å². The molecule has 2 aromatic rings. The van der Waals surface area contributed by atoms with Crippen LogP contribution in [0.3, 0.4) is 0 Å². The highest BCUT2D eigenvalue weighted by Crippen LogP contribution is 2.28. The van der Waals surface area contributed by atoms with Crippen molar-refractivity contribution in [3.63, 3.8) is 0 Å². The van der Waals surface area contributed by atoms with Gasteiger partial charge in [-0.1, -0.05) is 36.9 Å². The lowest BCUT2D eigenvalue weighted by Crippen LogP contribution is -2.16. The van der Waals surface area contributed by atoms with Gasteiger partial charge < -0.3 is 10.6 Å². The van der Waals surface area contributed by atoms with Gasteiger partial charge in [0.05, 0.1) is 0 Å². The fourth-order valence-corrected chi connectivity index (χ4v) is 2.36. The Kier molecular flexibility index (Phi) is 4.49. The predicted molar refractivity (Wildman–Crippen MR) is 93.3 cm³/mol. The summed E-state index contributed by atoms with van der Waals surface area (Å²) in [6, 6.07) is 14.4. The number of allylic oxidation sites excluding steroid dienone is 2. The summed E-state index contributed by atoms with van der Waals surface area (Å²) in [4.78, 5) is 2.16. The summed E-state index contributed by atoms with van der Waals surface area (Å²) < 4.78 is 0. The Morgan fingerprint density at radius 1 is 1.10 bits per heavy atom. The van der Waals surface area contributed by atoms with E-state index in [1.54, 1.807) is 0 Å². The fraction of sp³-hybridized carbons (Fsp3) is 0.158. The van der Waals surface area contributed by atoms with Crippen LogP contribution >= 0.6 is 0 Å². The summed E-state index contributed by atoms with van der Waals surface area (Å²) in [5, 5.41) is 0. The largest absolute Gasteiger partial charge is 0.399 e. The summed E-state index contributed by atoms with van der Waals surface area (Å²) in [5.41, 5.74) is 12.5. The van der Waals surface area contributed by atoms with Crippen LogP contribution < -0.4 is 10.6 Å². The van der Waals surface area contributed by atoms with E-state index >= 15 is 0 Å². The van der Waals surface area contributed by atoms with Crippen molar-refractivity contribution in [2.24, 2.45) is 0 Å². The quantitative estimate of drug-likeness (QED) is 0.656. The molecule has 0 bridgehead atoms. The average Bonchev–Trinajstić information content (AvgIpc) is 2.48. The van der Waals surface area contributed by atoms with Crippen molar-refractivity contribution in [2.45, 2.75) is 13.8 Å². The molecular weight excluding hydrogens is 256 g/mol. The molecule has 2 heteroatoms. The molecule has 0 unspecified atom stereocenters.